The van der Waals surface area contributed by atoms with Crippen LogP contribution in [0.5, 0.6) is 17.2 Å². The van der Waals surface area contributed by atoms with Crippen LogP contribution in [0.1, 0.15) is 29.7 Å². The summed E-state index contributed by atoms with van der Waals surface area (Å²) in [6.45, 7) is 2.60. The Morgan fingerprint density at radius 1 is 0.944 bits per heavy atom. The number of likely N-dealkylation sites (tertiary alicyclic amines) is 1. The van der Waals surface area contributed by atoms with Crippen molar-refractivity contribution >= 4 is 29.1 Å². The molecule has 186 valence electrons. The van der Waals surface area contributed by atoms with Crippen LogP contribution in [-0.4, -0.2) is 42.5 Å². The molecule has 1 unspecified atom stereocenters. The van der Waals surface area contributed by atoms with Crippen LogP contribution >= 0.6 is 11.6 Å². The Balaban J connectivity index is 1.80. The lowest BCUT2D eigenvalue weighted by molar-refractivity contribution is -0.140. The fourth-order valence-corrected chi connectivity index (χ4v) is 4.46. The summed E-state index contributed by atoms with van der Waals surface area (Å²) < 4.78 is 15.9. The van der Waals surface area contributed by atoms with Gasteiger partial charge < -0.3 is 24.2 Å². The highest BCUT2D eigenvalue weighted by Crippen LogP contribution is 2.41. The molecule has 7 nitrogen and oxygen atoms in total. The van der Waals surface area contributed by atoms with E-state index in [0.29, 0.717) is 35.0 Å². The quantitative estimate of drug-likeness (QED) is 0.250. The van der Waals surface area contributed by atoms with Crippen LogP contribution in [0.15, 0.2) is 72.3 Å². The summed E-state index contributed by atoms with van der Waals surface area (Å²) in [5.41, 5.74) is 1.75. The number of aliphatic hydroxyl groups is 1. The van der Waals surface area contributed by atoms with Crippen molar-refractivity contribution < 1.29 is 28.9 Å². The molecule has 1 saturated heterocycles. The molecule has 1 amide bonds. The van der Waals surface area contributed by atoms with E-state index in [9.17, 15) is 14.7 Å². The van der Waals surface area contributed by atoms with Gasteiger partial charge in [-0.3, -0.25) is 9.59 Å². The van der Waals surface area contributed by atoms with Crippen molar-refractivity contribution in [2.75, 3.05) is 20.8 Å². The average Bonchev–Trinajstić information content (AvgIpc) is 3.14. The molecule has 8 heteroatoms. The maximum atomic E-state index is 13.3. The number of nitrogens with zero attached hydrogens (tertiary/aromatic N) is 1. The molecule has 1 fully saturated rings. The Labute approximate surface area is 214 Å². The molecule has 4 rings (SSSR count). The molecule has 1 atom stereocenters. The number of carbonyl (C=O) groups is 2. The van der Waals surface area contributed by atoms with Gasteiger partial charge in [0, 0.05) is 12.1 Å². The zero-order valence-electron chi connectivity index (χ0n) is 20.2. The van der Waals surface area contributed by atoms with Gasteiger partial charge in [-0.05, 0) is 60.5 Å². The van der Waals surface area contributed by atoms with Crippen LogP contribution < -0.4 is 14.2 Å². The fourth-order valence-electron chi connectivity index (χ4n) is 4.20. The third kappa shape index (κ3) is 4.88. The van der Waals surface area contributed by atoms with E-state index in [2.05, 4.69) is 0 Å². The normalized spacial score (nSPS) is 16.8. The first-order chi connectivity index (χ1) is 17.4. The van der Waals surface area contributed by atoms with Gasteiger partial charge in [0.25, 0.3) is 11.7 Å². The molecule has 0 spiro atoms. The Kier molecular flexibility index (Phi) is 7.50. The molecule has 36 heavy (non-hydrogen) atoms. The molecule has 0 saturated carbocycles. The van der Waals surface area contributed by atoms with Crippen molar-refractivity contribution in [3.63, 3.8) is 0 Å². The third-order valence-electron chi connectivity index (χ3n) is 5.98. The monoisotopic (exact) mass is 507 g/mol. The number of amides is 1. The molecule has 1 aliphatic rings. The number of ketones is 1. The lowest BCUT2D eigenvalue weighted by Gasteiger charge is -2.25. The van der Waals surface area contributed by atoms with E-state index in [4.69, 9.17) is 25.8 Å². The SMILES string of the molecule is CCOc1ccc(CN2C(=O)C(=O)/C(=C(\O)c3ccc(OC)c(Cl)c3)C2c2ccc(OC)cc2)cc1. The van der Waals surface area contributed by atoms with Gasteiger partial charge in [-0.2, -0.15) is 0 Å². The number of carbonyl (C=O) groups excluding carboxylic acids is 2. The van der Waals surface area contributed by atoms with Gasteiger partial charge in [-0.15, -0.1) is 0 Å². The molecular formula is C28H26ClNO6. The van der Waals surface area contributed by atoms with E-state index in [0.717, 1.165) is 5.56 Å². The summed E-state index contributed by atoms with van der Waals surface area (Å²) in [5, 5.41) is 11.5. The number of ether oxygens (including phenoxy) is 3. The number of methoxy groups -OCH3 is 2. The van der Waals surface area contributed by atoms with Gasteiger partial charge in [0.1, 0.15) is 23.0 Å². The van der Waals surface area contributed by atoms with Crippen LogP contribution in [0.4, 0.5) is 0 Å². The molecule has 0 bridgehead atoms. The first-order valence-corrected chi connectivity index (χ1v) is 11.7. The van der Waals surface area contributed by atoms with Crippen molar-refractivity contribution in [2.24, 2.45) is 0 Å². The largest absolute Gasteiger partial charge is 0.507 e. The minimum atomic E-state index is -0.816. The standard InChI is InChI=1S/C28H26ClNO6/c1-4-36-21-10-5-17(6-11-21)16-30-25(18-7-12-20(34-2)13-8-18)24(27(32)28(30)33)26(31)19-9-14-23(35-3)22(29)15-19/h5-15,25,31H,4,16H2,1-3H3/b26-24-. The zero-order valence-corrected chi connectivity index (χ0v) is 20.9. The van der Waals surface area contributed by atoms with Gasteiger partial charge in [-0.25, -0.2) is 0 Å². The number of Topliss-reactive ketones (excluding diaryl/α,β-unsaturated/α-hetero) is 1. The molecular weight excluding hydrogens is 482 g/mol. The molecule has 1 heterocycles. The van der Waals surface area contributed by atoms with Crippen molar-refractivity contribution in [3.8, 4) is 17.2 Å². The van der Waals surface area contributed by atoms with Crippen LogP contribution in [0, 0.1) is 0 Å². The van der Waals surface area contributed by atoms with E-state index in [-0.39, 0.29) is 22.9 Å². The predicted molar refractivity (Wildman–Crippen MR) is 136 cm³/mol. The topological polar surface area (TPSA) is 85.3 Å². The maximum absolute atomic E-state index is 13.3. The Hall–Kier alpha value is -3.97. The Morgan fingerprint density at radius 2 is 1.61 bits per heavy atom. The van der Waals surface area contributed by atoms with Crippen LogP contribution in [0.25, 0.3) is 5.76 Å². The summed E-state index contributed by atoms with van der Waals surface area (Å²) >= 11 is 6.26. The molecule has 1 aliphatic heterocycles. The average molecular weight is 508 g/mol. The van der Waals surface area contributed by atoms with E-state index in [1.54, 1.807) is 43.5 Å². The summed E-state index contributed by atoms with van der Waals surface area (Å²) in [7, 11) is 3.04. The maximum Gasteiger partial charge on any atom is 0.295 e. The predicted octanol–water partition coefficient (Wildman–Crippen LogP) is 5.38. The number of halogens is 1. The van der Waals surface area contributed by atoms with E-state index in [1.165, 1.54) is 18.1 Å². The van der Waals surface area contributed by atoms with Crippen LogP contribution in [0.3, 0.4) is 0 Å². The lowest BCUT2D eigenvalue weighted by Crippen LogP contribution is -2.29. The minimum absolute atomic E-state index is 0.0164. The van der Waals surface area contributed by atoms with Crippen molar-refractivity contribution in [1.29, 1.82) is 0 Å². The number of rotatable bonds is 8. The second-order valence-corrected chi connectivity index (χ2v) is 8.53. The fraction of sp³-hybridized carbons (Fsp3) is 0.214. The summed E-state index contributed by atoms with van der Waals surface area (Å²) in [6.07, 6.45) is 0. The van der Waals surface area contributed by atoms with Crippen LogP contribution in [-0.2, 0) is 16.1 Å². The highest BCUT2D eigenvalue weighted by Gasteiger charge is 2.46. The minimum Gasteiger partial charge on any atom is -0.507 e. The lowest BCUT2D eigenvalue weighted by atomic mass is 9.95. The number of hydrogen-bond acceptors (Lipinski definition) is 6. The summed E-state index contributed by atoms with van der Waals surface area (Å²) in [4.78, 5) is 28.0. The number of hydrogen-bond donors (Lipinski definition) is 1. The van der Waals surface area contributed by atoms with E-state index in [1.807, 2.05) is 31.2 Å². The zero-order chi connectivity index (χ0) is 25.8. The van der Waals surface area contributed by atoms with Gasteiger partial charge >= 0.3 is 0 Å². The second kappa shape index (κ2) is 10.7. The second-order valence-electron chi connectivity index (χ2n) is 8.13. The highest BCUT2D eigenvalue weighted by molar-refractivity contribution is 6.46. The molecule has 0 radical (unpaired) electrons. The molecule has 0 aliphatic carbocycles. The highest BCUT2D eigenvalue weighted by atomic mass is 35.5. The number of benzene rings is 3. The first-order valence-electron chi connectivity index (χ1n) is 11.4. The van der Waals surface area contributed by atoms with Crippen molar-refractivity contribution in [2.45, 2.75) is 19.5 Å². The first kappa shape index (κ1) is 25.1. The van der Waals surface area contributed by atoms with Gasteiger partial charge in [0.2, 0.25) is 0 Å². The molecule has 1 N–H and O–H groups in total. The third-order valence-corrected chi connectivity index (χ3v) is 6.28. The van der Waals surface area contributed by atoms with Crippen LogP contribution in [0.2, 0.25) is 5.02 Å². The van der Waals surface area contributed by atoms with Crippen molar-refractivity contribution in [1.82, 2.24) is 4.90 Å². The van der Waals surface area contributed by atoms with Gasteiger partial charge in [-0.1, -0.05) is 35.9 Å². The molecule has 3 aromatic rings. The van der Waals surface area contributed by atoms with E-state index < -0.39 is 17.7 Å². The summed E-state index contributed by atoms with van der Waals surface area (Å²) in [6, 6.07) is 18.2. The van der Waals surface area contributed by atoms with E-state index >= 15 is 0 Å². The Bertz CT molecular complexity index is 1300. The van der Waals surface area contributed by atoms with Gasteiger partial charge in [0.15, 0.2) is 0 Å². The Morgan fingerprint density at radius 3 is 2.19 bits per heavy atom. The van der Waals surface area contributed by atoms with Gasteiger partial charge in [0.05, 0.1) is 37.5 Å². The summed E-state index contributed by atoms with van der Waals surface area (Å²) in [5.74, 6) is -0.0172. The van der Waals surface area contributed by atoms with Crippen molar-refractivity contribution in [3.05, 3.63) is 94.0 Å². The molecule has 3 aromatic carbocycles. The number of aliphatic hydroxyl groups excluding tert-OH is 1. The molecule has 0 aromatic heterocycles. The smallest absolute Gasteiger partial charge is 0.295 e.